The molecule has 0 atom stereocenters. The summed E-state index contributed by atoms with van der Waals surface area (Å²) in [6.07, 6.45) is 7.63. The number of halogens is 1. The molecule has 0 bridgehead atoms. The van der Waals surface area contributed by atoms with Crippen molar-refractivity contribution >= 4 is 24.1 Å². The maximum Gasteiger partial charge on any atom is 0.245 e. The van der Waals surface area contributed by atoms with Crippen LogP contribution in [0.3, 0.4) is 0 Å². The lowest BCUT2D eigenvalue weighted by atomic mass is 9.97. The van der Waals surface area contributed by atoms with Gasteiger partial charge in [0.2, 0.25) is 5.91 Å². The first kappa shape index (κ1) is 17.0. The molecule has 0 aromatic carbocycles. The molecule has 114 valence electrons. The van der Waals surface area contributed by atoms with Crippen molar-refractivity contribution in [1.82, 2.24) is 10.2 Å². The number of nitrogens with zero attached hydrogens (tertiary/aromatic N) is 1. The minimum absolute atomic E-state index is 0. The van der Waals surface area contributed by atoms with Crippen molar-refractivity contribution in [1.29, 1.82) is 0 Å². The van der Waals surface area contributed by atoms with Gasteiger partial charge in [-0.15, -0.1) is 12.4 Å². The number of H-pyrrole nitrogens is 1. The summed E-state index contributed by atoms with van der Waals surface area (Å²) in [6.45, 7) is 3.36. The summed E-state index contributed by atoms with van der Waals surface area (Å²) >= 11 is 0. The zero-order valence-corrected chi connectivity index (χ0v) is 13.1. The Morgan fingerprint density at radius 1 is 1.35 bits per heavy atom. The van der Waals surface area contributed by atoms with Crippen LogP contribution >= 0.6 is 12.4 Å². The second-order valence-electron chi connectivity index (χ2n) is 6.07. The van der Waals surface area contributed by atoms with E-state index in [9.17, 15) is 4.79 Å². The van der Waals surface area contributed by atoms with Gasteiger partial charge in [0.25, 0.3) is 0 Å². The summed E-state index contributed by atoms with van der Waals surface area (Å²) in [4.78, 5) is 11.8. The van der Waals surface area contributed by atoms with Crippen LogP contribution in [-0.2, 0) is 4.79 Å². The van der Waals surface area contributed by atoms with Gasteiger partial charge in [-0.3, -0.25) is 9.89 Å². The normalized spacial score (nSPS) is 17.1. The summed E-state index contributed by atoms with van der Waals surface area (Å²) < 4.78 is 0. The molecule has 0 radical (unpaired) electrons. The average molecular weight is 301 g/mol. The summed E-state index contributed by atoms with van der Waals surface area (Å²) in [7, 11) is 0. The maximum absolute atomic E-state index is 11.8. The Labute approximate surface area is 126 Å². The van der Waals surface area contributed by atoms with Gasteiger partial charge in [0.15, 0.2) is 5.82 Å². The van der Waals surface area contributed by atoms with Crippen molar-refractivity contribution in [2.45, 2.75) is 63.8 Å². The number of rotatable bonds is 3. The number of aromatic nitrogens is 2. The van der Waals surface area contributed by atoms with Gasteiger partial charge in [0, 0.05) is 17.7 Å². The predicted octanol–water partition coefficient (Wildman–Crippen LogP) is 2.95. The average Bonchev–Trinajstić information content (AvgIpc) is 2.62. The van der Waals surface area contributed by atoms with Gasteiger partial charge < -0.3 is 11.1 Å². The van der Waals surface area contributed by atoms with Crippen LogP contribution in [0.1, 0.15) is 64.0 Å². The van der Waals surface area contributed by atoms with Crippen LogP contribution in [0.15, 0.2) is 6.07 Å². The highest BCUT2D eigenvalue weighted by molar-refractivity contribution is 5.96. The molecule has 1 aromatic rings. The molecule has 4 N–H and O–H groups in total. The Balaban J connectivity index is 0.00000200. The molecular weight excluding hydrogens is 276 g/mol. The monoisotopic (exact) mass is 300 g/mol. The van der Waals surface area contributed by atoms with Crippen molar-refractivity contribution in [3.05, 3.63) is 11.8 Å². The summed E-state index contributed by atoms with van der Waals surface area (Å²) in [5.74, 6) is 0.903. The fourth-order valence-corrected chi connectivity index (χ4v) is 2.48. The SMILES string of the molecule is CC(C)(N)C(=O)Nc1cc(C2CCCCCC2)[nH]n1.Cl. The van der Waals surface area contributed by atoms with Gasteiger partial charge in [-0.2, -0.15) is 5.10 Å². The molecule has 0 spiro atoms. The fourth-order valence-electron chi connectivity index (χ4n) is 2.48. The molecule has 1 aliphatic carbocycles. The number of nitrogens with two attached hydrogens (primary N) is 1. The van der Waals surface area contributed by atoms with Crippen LogP contribution in [0.2, 0.25) is 0 Å². The fraction of sp³-hybridized carbons (Fsp3) is 0.714. The Morgan fingerprint density at radius 3 is 2.50 bits per heavy atom. The molecule has 1 fully saturated rings. The van der Waals surface area contributed by atoms with Crippen molar-refractivity contribution in [3.8, 4) is 0 Å². The van der Waals surface area contributed by atoms with E-state index in [1.165, 1.54) is 38.5 Å². The second-order valence-corrected chi connectivity index (χ2v) is 6.07. The standard InChI is InChI=1S/C14H24N4O.ClH/c1-14(2,15)13(19)16-12-9-11(17-18-12)10-7-5-3-4-6-8-10;/h9-10H,3-8,15H2,1-2H3,(H2,16,17,18,19);1H. The highest BCUT2D eigenvalue weighted by Crippen LogP contribution is 2.31. The van der Waals surface area contributed by atoms with Crippen LogP contribution in [0, 0.1) is 0 Å². The number of carbonyl (C=O) groups is 1. The molecule has 0 unspecified atom stereocenters. The molecule has 1 aromatic heterocycles. The van der Waals surface area contributed by atoms with E-state index in [0.29, 0.717) is 11.7 Å². The van der Waals surface area contributed by atoms with Crippen molar-refractivity contribution in [3.63, 3.8) is 0 Å². The smallest absolute Gasteiger partial charge is 0.245 e. The number of hydrogen-bond acceptors (Lipinski definition) is 3. The highest BCUT2D eigenvalue weighted by Gasteiger charge is 2.23. The predicted molar refractivity (Wildman–Crippen MR) is 83.2 cm³/mol. The number of amides is 1. The van der Waals surface area contributed by atoms with E-state index in [0.717, 1.165) is 5.69 Å². The first-order chi connectivity index (χ1) is 8.97. The molecular formula is C14H25ClN4O. The van der Waals surface area contributed by atoms with Crippen LogP contribution in [0.5, 0.6) is 0 Å². The minimum Gasteiger partial charge on any atom is -0.318 e. The molecule has 20 heavy (non-hydrogen) atoms. The largest absolute Gasteiger partial charge is 0.318 e. The number of nitrogens with one attached hydrogen (secondary N) is 2. The quantitative estimate of drug-likeness (QED) is 0.750. The number of aromatic amines is 1. The first-order valence-electron chi connectivity index (χ1n) is 7.12. The van der Waals surface area contributed by atoms with E-state index in [1.54, 1.807) is 13.8 Å². The zero-order valence-electron chi connectivity index (χ0n) is 12.2. The van der Waals surface area contributed by atoms with Gasteiger partial charge >= 0.3 is 0 Å². The van der Waals surface area contributed by atoms with E-state index in [-0.39, 0.29) is 18.3 Å². The van der Waals surface area contributed by atoms with E-state index >= 15 is 0 Å². The molecule has 0 aliphatic heterocycles. The lowest BCUT2D eigenvalue weighted by Crippen LogP contribution is -2.45. The van der Waals surface area contributed by atoms with Gasteiger partial charge in [0.05, 0.1) is 5.54 Å². The Morgan fingerprint density at radius 2 is 1.95 bits per heavy atom. The van der Waals surface area contributed by atoms with Gasteiger partial charge in [-0.05, 0) is 26.7 Å². The third-order valence-corrected chi connectivity index (χ3v) is 3.72. The van der Waals surface area contributed by atoms with Crippen molar-refractivity contribution < 1.29 is 4.79 Å². The van der Waals surface area contributed by atoms with Crippen LogP contribution in [0.4, 0.5) is 5.82 Å². The number of anilines is 1. The van der Waals surface area contributed by atoms with E-state index in [1.807, 2.05) is 6.07 Å². The van der Waals surface area contributed by atoms with E-state index in [4.69, 9.17) is 5.73 Å². The second kappa shape index (κ2) is 7.09. The zero-order chi connectivity index (χ0) is 13.9. The third-order valence-electron chi connectivity index (χ3n) is 3.72. The summed E-state index contributed by atoms with van der Waals surface area (Å²) in [5.41, 5.74) is 5.99. The molecule has 1 saturated carbocycles. The summed E-state index contributed by atoms with van der Waals surface area (Å²) in [5, 5.41) is 9.97. The minimum atomic E-state index is -0.887. The van der Waals surface area contributed by atoms with Gasteiger partial charge in [-0.25, -0.2) is 0 Å². The van der Waals surface area contributed by atoms with E-state index < -0.39 is 5.54 Å². The molecule has 1 amide bonds. The molecule has 0 saturated heterocycles. The molecule has 5 nitrogen and oxygen atoms in total. The number of hydrogen-bond donors (Lipinski definition) is 3. The van der Waals surface area contributed by atoms with E-state index in [2.05, 4.69) is 15.5 Å². The molecule has 6 heteroatoms. The Hall–Kier alpha value is -1.07. The van der Waals surface area contributed by atoms with Crippen LogP contribution in [-0.4, -0.2) is 21.6 Å². The first-order valence-corrected chi connectivity index (χ1v) is 7.12. The number of carbonyl (C=O) groups excluding carboxylic acids is 1. The van der Waals surface area contributed by atoms with Crippen LogP contribution < -0.4 is 11.1 Å². The lowest BCUT2D eigenvalue weighted by molar-refractivity contribution is -0.120. The van der Waals surface area contributed by atoms with Crippen molar-refractivity contribution in [2.75, 3.05) is 5.32 Å². The van der Waals surface area contributed by atoms with Gasteiger partial charge in [0.1, 0.15) is 0 Å². The molecule has 1 aliphatic rings. The summed E-state index contributed by atoms with van der Waals surface area (Å²) in [6, 6.07) is 1.94. The van der Waals surface area contributed by atoms with Gasteiger partial charge in [-0.1, -0.05) is 25.7 Å². The third kappa shape index (κ3) is 4.49. The maximum atomic E-state index is 11.8. The lowest BCUT2D eigenvalue weighted by Gasteiger charge is -2.16. The Kier molecular flexibility index (Phi) is 6.02. The van der Waals surface area contributed by atoms with Crippen LogP contribution in [0.25, 0.3) is 0 Å². The molecule has 1 heterocycles. The highest BCUT2D eigenvalue weighted by atomic mass is 35.5. The van der Waals surface area contributed by atoms with Crippen molar-refractivity contribution in [2.24, 2.45) is 5.73 Å². The topological polar surface area (TPSA) is 83.8 Å². The Bertz CT molecular complexity index is 431. The molecule has 2 rings (SSSR count).